The number of aromatic nitrogens is 4. The van der Waals surface area contributed by atoms with E-state index in [4.69, 9.17) is 10.5 Å². The molecule has 0 radical (unpaired) electrons. The maximum atomic E-state index is 10.9. The van der Waals surface area contributed by atoms with Crippen LogP contribution in [-0.4, -0.2) is 43.2 Å². The minimum absolute atomic E-state index is 0.0159. The molecular weight excluding hydrogens is 282 g/mol. The summed E-state index contributed by atoms with van der Waals surface area (Å²) in [5.41, 5.74) is 5.25. The molecule has 2 rings (SSSR count). The monoisotopic (exact) mass is 293 g/mol. The van der Waals surface area contributed by atoms with E-state index in [0.717, 1.165) is 10.9 Å². The lowest BCUT2D eigenvalue weighted by atomic mass is 10.2. The topological polar surface area (TPSA) is 155 Å². The fraction of sp³-hybridized carbons (Fsp3) is 0.200. The molecule has 1 aromatic carbocycles. The molecular formula is C10H11N7O4. The second kappa shape index (κ2) is 5.81. The highest BCUT2D eigenvalue weighted by Crippen LogP contribution is 2.36. The molecule has 11 nitrogen and oxygen atoms in total. The number of anilines is 1. The molecule has 0 aliphatic carbocycles. The summed E-state index contributed by atoms with van der Waals surface area (Å²) in [5, 5.41) is 34.7. The number of phenolic OH excluding ortho intramolecular Hbond substituents is 1. The molecule has 0 saturated heterocycles. The van der Waals surface area contributed by atoms with Crippen molar-refractivity contribution in [3.8, 4) is 11.5 Å². The Morgan fingerprint density at radius 1 is 1.62 bits per heavy atom. The number of hydrogen-bond donors (Lipinski definition) is 2. The van der Waals surface area contributed by atoms with E-state index in [-0.39, 0.29) is 18.3 Å². The number of ether oxygens (including phenoxy) is 1. The highest BCUT2D eigenvalue weighted by Gasteiger charge is 2.19. The minimum atomic E-state index is -0.722. The van der Waals surface area contributed by atoms with Crippen LogP contribution in [0.4, 0.5) is 11.6 Å². The van der Waals surface area contributed by atoms with Crippen LogP contribution >= 0.6 is 0 Å². The van der Waals surface area contributed by atoms with Crippen LogP contribution in [0.1, 0.15) is 12.5 Å². The Labute approximate surface area is 117 Å². The molecule has 0 aliphatic rings. The first-order valence-corrected chi connectivity index (χ1v) is 5.75. The van der Waals surface area contributed by atoms with Gasteiger partial charge in [-0.05, 0) is 23.4 Å². The van der Waals surface area contributed by atoms with Gasteiger partial charge in [-0.15, -0.1) is 0 Å². The fourth-order valence-electron chi connectivity index (χ4n) is 1.49. The lowest BCUT2D eigenvalue weighted by molar-refractivity contribution is -0.386. The molecule has 0 aliphatic heterocycles. The van der Waals surface area contributed by atoms with Crippen molar-refractivity contribution in [2.75, 3.05) is 12.3 Å². The summed E-state index contributed by atoms with van der Waals surface area (Å²) in [6.45, 7) is 1.93. The molecule has 1 aromatic heterocycles. The third kappa shape index (κ3) is 3.02. The third-order valence-electron chi connectivity index (χ3n) is 2.37. The van der Waals surface area contributed by atoms with Crippen LogP contribution < -0.4 is 10.5 Å². The van der Waals surface area contributed by atoms with Gasteiger partial charge in [-0.25, -0.2) is 0 Å². The number of benzene rings is 1. The van der Waals surface area contributed by atoms with Gasteiger partial charge in [-0.2, -0.15) is 5.10 Å². The quantitative estimate of drug-likeness (QED) is 0.448. The molecule has 2 aromatic rings. The molecule has 0 spiro atoms. The predicted molar refractivity (Wildman–Crippen MR) is 71.2 cm³/mol. The van der Waals surface area contributed by atoms with Crippen LogP contribution in [0.2, 0.25) is 0 Å². The lowest BCUT2D eigenvalue weighted by Crippen LogP contribution is -2.01. The van der Waals surface area contributed by atoms with Crippen molar-refractivity contribution in [3.05, 3.63) is 27.8 Å². The Morgan fingerprint density at radius 3 is 2.95 bits per heavy atom. The molecule has 0 atom stereocenters. The number of tetrazole rings is 1. The second-order valence-corrected chi connectivity index (χ2v) is 3.75. The number of nitrogen functional groups attached to an aromatic ring is 1. The number of nitro benzene ring substituents is 1. The number of nitro groups is 1. The number of rotatable bonds is 5. The number of phenols is 1. The number of nitrogens with zero attached hydrogens (tertiary/aromatic N) is 6. The summed E-state index contributed by atoms with van der Waals surface area (Å²) < 4.78 is 5.14. The highest BCUT2D eigenvalue weighted by atomic mass is 16.6. The Hall–Kier alpha value is -3.24. The van der Waals surface area contributed by atoms with E-state index < -0.39 is 16.4 Å². The summed E-state index contributed by atoms with van der Waals surface area (Å²) in [5.74, 6) is -0.594. The standard InChI is InChI=1S/C10H11N7O4/c1-2-21-8-4-6(3-7(9(8)18)17(19)20)5-12-16-10(11)13-14-15-16/h3-5,18H,2H2,1H3,(H2,11,13,15). The van der Waals surface area contributed by atoms with Gasteiger partial charge >= 0.3 is 5.69 Å². The largest absolute Gasteiger partial charge is 0.500 e. The van der Waals surface area contributed by atoms with Crippen molar-refractivity contribution < 1.29 is 14.8 Å². The van der Waals surface area contributed by atoms with Gasteiger partial charge in [0.25, 0.3) is 5.95 Å². The van der Waals surface area contributed by atoms with Gasteiger partial charge in [-0.3, -0.25) is 10.1 Å². The molecule has 0 bridgehead atoms. The van der Waals surface area contributed by atoms with Crippen molar-refractivity contribution >= 4 is 17.9 Å². The fourth-order valence-corrected chi connectivity index (χ4v) is 1.49. The Kier molecular flexibility index (Phi) is 3.92. The zero-order valence-electron chi connectivity index (χ0n) is 10.9. The average Bonchev–Trinajstić information content (AvgIpc) is 2.85. The van der Waals surface area contributed by atoms with E-state index in [1.165, 1.54) is 12.3 Å². The van der Waals surface area contributed by atoms with E-state index in [1.54, 1.807) is 6.92 Å². The maximum absolute atomic E-state index is 10.9. The first kappa shape index (κ1) is 14.2. The minimum Gasteiger partial charge on any atom is -0.500 e. The van der Waals surface area contributed by atoms with Crippen molar-refractivity contribution in [1.82, 2.24) is 20.3 Å². The van der Waals surface area contributed by atoms with Crippen LogP contribution in [0.5, 0.6) is 11.5 Å². The van der Waals surface area contributed by atoms with E-state index in [9.17, 15) is 15.2 Å². The van der Waals surface area contributed by atoms with Gasteiger partial charge in [-0.1, -0.05) is 9.89 Å². The van der Waals surface area contributed by atoms with Gasteiger partial charge in [0.15, 0.2) is 5.75 Å². The maximum Gasteiger partial charge on any atom is 0.315 e. The van der Waals surface area contributed by atoms with Crippen LogP contribution in [0.25, 0.3) is 0 Å². The Balaban J connectivity index is 2.41. The molecule has 0 amide bonds. The summed E-state index contributed by atoms with van der Waals surface area (Å²) in [4.78, 5) is 11.1. The molecule has 11 heteroatoms. The summed E-state index contributed by atoms with van der Waals surface area (Å²) in [6.07, 6.45) is 1.25. The zero-order valence-corrected chi connectivity index (χ0v) is 10.9. The van der Waals surface area contributed by atoms with Gasteiger partial charge in [0, 0.05) is 11.6 Å². The molecule has 1 heterocycles. The molecule has 3 N–H and O–H groups in total. The number of aromatic hydroxyl groups is 1. The van der Waals surface area contributed by atoms with E-state index in [0.29, 0.717) is 5.56 Å². The first-order chi connectivity index (χ1) is 10.0. The van der Waals surface area contributed by atoms with E-state index >= 15 is 0 Å². The van der Waals surface area contributed by atoms with Crippen LogP contribution in [-0.2, 0) is 0 Å². The average molecular weight is 293 g/mol. The molecule has 0 unspecified atom stereocenters. The third-order valence-corrected chi connectivity index (χ3v) is 2.37. The molecule has 110 valence electrons. The normalized spacial score (nSPS) is 10.9. The van der Waals surface area contributed by atoms with Crippen molar-refractivity contribution in [2.24, 2.45) is 5.10 Å². The second-order valence-electron chi connectivity index (χ2n) is 3.75. The Morgan fingerprint density at radius 2 is 2.38 bits per heavy atom. The van der Waals surface area contributed by atoms with Crippen molar-refractivity contribution in [1.29, 1.82) is 0 Å². The SMILES string of the molecule is CCOc1cc(C=Nn2nnnc2N)cc([N+](=O)[O-])c1O. The predicted octanol–water partition coefficient (Wildman–Crippen LogP) is 0.150. The van der Waals surface area contributed by atoms with Crippen molar-refractivity contribution in [3.63, 3.8) is 0 Å². The van der Waals surface area contributed by atoms with Gasteiger partial charge < -0.3 is 15.6 Å². The molecule has 0 fully saturated rings. The van der Waals surface area contributed by atoms with Crippen LogP contribution in [0.15, 0.2) is 17.2 Å². The van der Waals surface area contributed by atoms with Crippen LogP contribution in [0, 0.1) is 10.1 Å². The summed E-state index contributed by atoms with van der Waals surface area (Å²) in [6, 6.07) is 2.54. The number of hydrogen-bond acceptors (Lipinski definition) is 9. The molecule has 0 saturated carbocycles. The van der Waals surface area contributed by atoms with Gasteiger partial charge in [0.2, 0.25) is 5.75 Å². The zero-order chi connectivity index (χ0) is 15.4. The van der Waals surface area contributed by atoms with Gasteiger partial charge in [0.1, 0.15) is 0 Å². The lowest BCUT2D eigenvalue weighted by Gasteiger charge is -2.07. The highest BCUT2D eigenvalue weighted by molar-refractivity contribution is 5.83. The summed E-state index contributed by atoms with van der Waals surface area (Å²) in [7, 11) is 0. The van der Waals surface area contributed by atoms with E-state index in [2.05, 4.69) is 20.6 Å². The smallest absolute Gasteiger partial charge is 0.315 e. The summed E-state index contributed by atoms with van der Waals surface area (Å²) >= 11 is 0. The first-order valence-electron chi connectivity index (χ1n) is 5.75. The Bertz CT molecular complexity index is 697. The van der Waals surface area contributed by atoms with Gasteiger partial charge in [0.05, 0.1) is 17.7 Å². The van der Waals surface area contributed by atoms with E-state index in [1.807, 2.05) is 0 Å². The van der Waals surface area contributed by atoms with Crippen LogP contribution in [0.3, 0.4) is 0 Å². The van der Waals surface area contributed by atoms with Crippen molar-refractivity contribution in [2.45, 2.75) is 6.92 Å². The molecule has 21 heavy (non-hydrogen) atoms. The number of nitrogens with two attached hydrogens (primary N) is 1.